The summed E-state index contributed by atoms with van der Waals surface area (Å²) < 4.78 is 6.45. The third kappa shape index (κ3) is 3.76. The molecule has 0 saturated heterocycles. The minimum absolute atomic E-state index is 0.539. The van der Waals surface area contributed by atoms with Gasteiger partial charge in [0.2, 0.25) is 0 Å². The van der Waals surface area contributed by atoms with Gasteiger partial charge in [-0.15, -0.1) is 0 Å². The molecule has 2 aromatic carbocycles. The van der Waals surface area contributed by atoms with E-state index in [0.717, 1.165) is 28.0 Å². The van der Waals surface area contributed by atoms with Crippen molar-refractivity contribution in [1.29, 1.82) is 0 Å². The van der Waals surface area contributed by atoms with Crippen molar-refractivity contribution in [3.05, 3.63) is 58.1 Å². The van der Waals surface area contributed by atoms with Gasteiger partial charge in [0.1, 0.15) is 5.75 Å². The number of halogens is 1. The van der Waals surface area contributed by atoms with E-state index in [2.05, 4.69) is 65.4 Å². The summed E-state index contributed by atoms with van der Waals surface area (Å²) in [6, 6.07) is 14.6. The first-order valence-electron chi connectivity index (χ1n) is 6.76. The van der Waals surface area contributed by atoms with Crippen molar-refractivity contribution < 1.29 is 4.74 Å². The fourth-order valence-corrected chi connectivity index (χ4v) is 2.50. The van der Waals surface area contributed by atoms with Crippen LogP contribution in [0.25, 0.3) is 0 Å². The normalized spacial score (nSPS) is 10.7. The first kappa shape index (κ1) is 14.9. The van der Waals surface area contributed by atoms with E-state index in [0.29, 0.717) is 5.92 Å². The van der Waals surface area contributed by atoms with Crippen LogP contribution in [0, 0.1) is 0 Å². The minimum atomic E-state index is 0.539. The standard InChI is InChI=1S/C17H20BrNO/c1-12(2)13-5-4-6-16(10-13)19-11-14-9-15(18)7-8-17(14)20-3/h4-10,12,19H,11H2,1-3H3. The Kier molecular flexibility index (Phi) is 5.07. The van der Waals surface area contributed by atoms with Crippen LogP contribution in [0.2, 0.25) is 0 Å². The molecule has 106 valence electrons. The molecule has 0 atom stereocenters. The van der Waals surface area contributed by atoms with E-state index in [4.69, 9.17) is 4.74 Å². The molecule has 1 N–H and O–H groups in total. The lowest BCUT2D eigenvalue weighted by molar-refractivity contribution is 0.410. The molecule has 2 aromatic rings. The number of hydrogen-bond acceptors (Lipinski definition) is 2. The molecule has 0 aliphatic heterocycles. The summed E-state index contributed by atoms with van der Waals surface area (Å²) in [7, 11) is 1.70. The van der Waals surface area contributed by atoms with Crippen molar-refractivity contribution in [2.45, 2.75) is 26.3 Å². The average Bonchev–Trinajstić information content (AvgIpc) is 2.45. The van der Waals surface area contributed by atoms with E-state index in [9.17, 15) is 0 Å². The van der Waals surface area contributed by atoms with Crippen LogP contribution >= 0.6 is 15.9 Å². The topological polar surface area (TPSA) is 21.3 Å². The van der Waals surface area contributed by atoms with Crippen molar-refractivity contribution >= 4 is 21.6 Å². The van der Waals surface area contributed by atoms with Gasteiger partial charge in [-0.05, 0) is 41.8 Å². The lowest BCUT2D eigenvalue weighted by Crippen LogP contribution is -2.02. The van der Waals surface area contributed by atoms with E-state index in [1.807, 2.05) is 12.1 Å². The SMILES string of the molecule is COc1ccc(Br)cc1CNc1cccc(C(C)C)c1. The second kappa shape index (κ2) is 6.80. The molecule has 0 aliphatic carbocycles. The Labute approximate surface area is 129 Å². The predicted molar refractivity (Wildman–Crippen MR) is 88.6 cm³/mol. The van der Waals surface area contributed by atoms with Gasteiger partial charge in [0.15, 0.2) is 0 Å². The lowest BCUT2D eigenvalue weighted by atomic mass is 10.0. The van der Waals surface area contributed by atoms with Crippen LogP contribution < -0.4 is 10.1 Å². The number of anilines is 1. The Morgan fingerprint density at radius 3 is 2.65 bits per heavy atom. The van der Waals surface area contributed by atoms with E-state index >= 15 is 0 Å². The van der Waals surface area contributed by atoms with Crippen molar-refractivity contribution in [1.82, 2.24) is 0 Å². The quantitative estimate of drug-likeness (QED) is 0.812. The third-order valence-corrected chi connectivity index (χ3v) is 3.77. The molecule has 0 saturated carbocycles. The highest BCUT2D eigenvalue weighted by molar-refractivity contribution is 9.10. The molecule has 0 radical (unpaired) electrons. The Bertz CT molecular complexity index is 581. The highest BCUT2D eigenvalue weighted by Gasteiger charge is 2.05. The zero-order chi connectivity index (χ0) is 14.5. The van der Waals surface area contributed by atoms with E-state index < -0.39 is 0 Å². The molecule has 2 nitrogen and oxygen atoms in total. The molecular weight excluding hydrogens is 314 g/mol. The van der Waals surface area contributed by atoms with Gasteiger partial charge in [0.05, 0.1) is 7.11 Å². The van der Waals surface area contributed by atoms with Crippen molar-refractivity contribution in [2.24, 2.45) is 0 Å². The number of nitrogens with one attached hydrogen (secondary N) is 1. The van der Waals surface area contributed by atoms with Gasteiger partial charge >= 0.3 is 0 Å². The monoisotopic (exact) mass is 333 g/mol. The summed E-state index contributed by atoms with van der Waals surface area (Å²) in [5, 5.41) is 3.46. The molecule has 0 fully saturated rings. The Balaban J connectivity index is 2.12. The highest BCUT2D eigenvalue weighted by Crippen LogP contribution is 2.24. The summed E-state index contributed by atoms with van der Waals surface area (Å²) in [6.07, 6.45) is 0. The molecule has 0 bridgehead atoms. The molecule has 0 aromatic heterocycles. The van der Waals surface area contributed by atoms with Gasteiger partial charge < -0.3 is 10.1 Å². The van der Waals surface area contributed by atoms with E-state index in [-0.39, 0.29) is 0 Å². The van der Waals surface area contributed by atoms with E-state index in [1.165, 1.54) is 5.56 Å². The molecule has 0 spiro atoms. The second-order valence-electron chi connectivity index (χ2n) is 5.09. The van der Waals surface area contributed by atoms with Crippen molar-refractivity contribution in [2.75, 3.05) is 12.4 Å². The van der Waals surface area contributed by atoms with E-state index in [1.54, 1.807) is 7.11 Å². The average molecular weight is 334 g/mol. The summed E-state index contributed by atoms with van der Waals surface area (Å²) in [5.41, 5.74) is 3.62. The summed E-state index contributed by atoms with van der Waals surface area (Å²) in [4.78, 5) is 0. The smallest absolute Gasteiger partial charge is 0.123 e. The van der Waals surface area contributed by atoms with Crippen molar-refractivity contribution in [3.63, 3.8) is 0 Å². The second-order valence-corrected chi connectivity index (χ2v) is 6.01. The molecule has 2 rings (SSSR count). The minimum Gasteiger partial charge on any atom is -0.496 e. The zero-order valence-corrected chi connectivity index (χ0v) is 13.7. The van der Waals surface area contributed by atoms with Crippen LogP contribution in [-0.2, 0) is 6.54 Å². The first-order chi connectivity index (χ1) is 9.60. The summed E-state index contributed by atoms with van der Waals surface area (Å²) in [6.45, 7) is 5.15. The fourth-order valence-electron chi connectivity index (χ4n) is 2.09. The maximum absolute atomic E-state index is 5.39. The first-order valence-corrected chi connectivity index (χ1v) is 7.55. The van der Waals surface area contributed by atoms with Gasteiger partial charge in [-0.1, -0.05) is 41.9 Å². The van der Waals surface area contributed by atoms with Gasteiger partial charge in [-0.3, -0.25) is 0 Å². The maximum Gasteiger partial charge on any atom is 0.123 e. The number of rotatable bonds is 5. The molecule has 0 heterocycles. The van der Waals surface area contributed by atoms with Crippen LogP contribution in [0.1, 0.15) is 30.9 Å². The predicted octanol–water partition coefficient (Wildman–Crippen LogP) is 5.19. The highest BCUT2D eigenvalue weighted by atomic mass is 79.9. The summed E-state index contributed by atoms with van der Waals surface area (Å²) >= 11 is 3.50. The molecule has 0 amide bonds. The van der Waals surface area contributed by atoms with Gasteiger partial charge in [0.25, 0.3) is 0 Å². The molecule has 0 aliphatic rings. The molecule has 3 heteroatoms. The lowest BCUT2D eigenvalue weighted by Gasteiger charge is -2.13. The number of ether oxygens (including phenoxy) is 1. The van der Waals surface area contributed by atoms with Crippen LogP contribution in [0.15, 0.2) is 46.9 Å². The number of hydrogen-bond donors (Lipinski definition) is 1. The fraction of sp³-hybridized carbons (Fsp3) is 0.294. The Hall–Kier alpha value is -1.48. The van der Waals surface area contributed by atoms with Crippen LogP contribution in [0.4, 0.5) is 5.69 Å². The Morgan fingerprint density at radius 1 is 1.15 bits per heavy atom. The van der Waals surface area contributed by atoms with Gasteiger partial charge in [-0.25, -0.2) is 0 Å². The molecular formula is C17H20BrNO. The maximum atomic E-state index is 5.39. The Morgan fingerprint density at radius 2 is 1.95 bits per heavy atom. The largest absolute Gasteiger partial charge is 0.496 e. The van der Waals surface area contributed by atoms with Gasteiger partial charge in [-0.2, -0.15) is 0 Å². The molecule has 0 unspecified atom stereocenters. The van der Waals surface area contributed by atoms with Gasteiger partial charge in [0, 0.05) is 22.3 Å². The third-order valence-electron chi connectivity index (χ3n) is 3.28. The molecule has 20 heavy (non-hydrogen) atoms. The summed E-state index contributed by atoms with van der Waals surface area (Å²) in [5.74, 6) is 1.44. The zero-order valence-electron chi connectivity index (χ0n) is 12.1. The number of benzene rings is 2. The van der Waals surface area contributed by atoms with Crippen molar-refractivity contribution in [3.8, 4) is 5.75 Å². The van der Waals surface area contributed by atoms with Crippen LogP contribution in [-0.4, -0.2) is 7.11 Å². The number of methoxy groups -OCH3 is 1. The van der Waals surface area contributed by atoms with Crippen LogP contribution in [0.5, 0.6) is 5.75 Å². The van der Waals surface area contributed by atoms with Crippen LogP contribution in [0.3, 0.4) is 0 Å².